The maximum Gasteiger partial charge on any atom is 0.124 e. The molecule has 3 heteroatoms. The van der Waals surface area contributed by atoms with Crippen LogP contribution in [0.4, 0.5) is 0 Å². The van der Waals surface area contributed by atoms with Gasteiger partial charge < -0.3 is 5.32 Å². The van der Waals surface area contributed by atoms with Crippen LogP contribution in [-0.2, 0) is 0 Å². The molecular weight excluding hydrogens is 252 g/mol. The number of benzene rings is 1. The van der Waals surface area contributed by atoms with Gasteiger partial charge in [0.15, 0.2) is 0 Å². The van der Waals surface area contributed by atoms with Crippen molar-refractivity contribution in [2.24, 2.45) is 0 Å². The fourth-order valence-electron chi connectivity index (χ4n) is 2.31. The van der Waals surface area contributed by atoms with Crippen LogP contribution in [0.2, 0.25) is 0 Å². The number of rotatable bonds is 4. The molecule has 0 aliphatic carbocycles. The standard InChI is InChI=1S/C16H22N2S/c1-6-17-12(4)15-13(5)18-16(19-15)14-9-7-8-10(2)11(14)3/h7-9,12,17H,6H2,1-5H3. The minimum atomic E-state index is 0.376. The van der Waals surface area contributed by atoms with Gasteiger partial charge in [-0.1, -0.05) is 25.1 Å². The van der Waals surface area contributed by atoms with E-state index in [0.29, 0.717) is 6.04 Å². The molecule has 2 rings (SSSR count). The van der Waals surface area contributed by atoms with Crippen molar-refractivity contribution in [3.63, 3.8) is 0 Å². The van der Waals surface area contributed by atoms with Crippen LogP contribution >= 0.6 is 11.3 Å². The minimum Gasteiger partial charge on any atom is -0.310 e. The van der Waals surface area contributed by atoms with E-state index in [9.17, 15) is 0 Å². The summed E-state index contributed by atoms with van der Waals surface area (Å²) in [6.45, 7) is 11.8. The zero-order chi connectivity index (χ0) is 14.0. The average molecular weight is 274 g/mol. The summed E-state index contributed by atoms with van der Waals surface area (Å²) >= 11 is 1.81. The number of nitrogens with one attached hydrogen (secondary N) is 1. The van der Waals surface area contributed by atoms with Crippen LogP contribution in [0.1, 0.15) is 41.6 Å². The molecule has 102 valence electrons. The van der Waals surface area contributed by atoms with Crippen LogP contribution < -0.4 is 5.32 Å². The smallest absolute Gasteiger partial charge is 0.124 e. The fraction of sp³-hybridized carbons (Fsp3) is 0.438. The van der Waals surface area contributed by atoms with Crippen molar-refractivity contribution < 1.29 is 0 Å². The van der Waals surface area contributed by atoms with Crippen molar-refractivity contribution in [3.05, 3.63) is 39.9 Å². The van der Waals surface area contributed by atoms with E-state index in [0.717, 1.165) is 17.2 Å². The second-order valence-electron chi connectivity index (χ2n) is 5.00. The van der Waals surface area contributed by atoms with E-state index in [2.05, 4.69) is 58.1 Å². The van der Waals surface area contributed by atoms with Gasteiger partial charge in [0.25, 0.3) is 0 Å². The monoisotopic (exact) mass is 274 g/mol. The molecule has 2 aromatic rings. The van der Waals surface area contributed by atoms with Crippen molar-refractivity contribution in [2.45, 2.75) is 40.7 Å². The third-order valence-corrected chi connectivity index (χ3v) is 4.94. The van der Waals surface area contributed by atoms with Crippen LogP contribution in [0.5, 0.6) is 0 Å². The Kier molecular flexibility index (Phi) is 4.38. The Bertz CT molecular complexity index is 572. The van der Waals surface area contributed by atoms with Crippen molar-refractivity contribution in [1.29, 1.82) is 0 Å². The molecule has 1 unspecified atom stereocenters. The Hall–Kier alpha value is -1.19. The molecule has 0 spiro atoms. The number of hydrogen-bond acceptors (Lipinski definition) is 3. The largest absolute Gasteiger partial charge is 0.310 e. The highest BCUT2D eigenvalue weighted by atomic mass is 32.1. The van der Waals surface area contributed by atoms with Gasteiger partial charge in [0.2, 0.25) is 0 Å². The predicted octanol–water partition coefficient (Wildman–Crippen LogP) is 4.41. The quantitative estimate of drug-likeness (QED) is 0.893. The van der Waals surface area contributed by atoms with Gasteiger partial charge in [0.05, 0.1) is 5.69 Å². The summed E-state index contributed by atoms with van der Waals surface area (Å²) in [6.07, 6.45) is 0. The van der Waals surface area contributed by atoms with Gasteiger partial charge >= 0.3 is 0 Å². The van der Waals surface area contributed by atoms with Crippen LogP contribution in [0.25, 0.3) is 10.6 Å². The third kappa shape index (κ3) is 2.88. The van der Waals surface area contributed by atoms with Crippen LogP contribution in [0.3, 0.4) is 0 Å². The molecule has 0 aliphatic heterocycles. The molecule has 1 aromatic heterocycles. The van der Waals surface area contributed by atoms with Gasteiger partial charge in [-0.25, -0.2) is 4.98 Å². The maximum atomic E-state index is 4.76. The van der Waals surface area contributed by atoms with E-state index in [1.54, 1.807) is 0 Å². The lowest BCUT2D eigenvalue weighted by Gasteiger charge is -2.10. The van der Waals surface area contributed by atoms with E-state index >= 15 is 0 Å². The van der Waals surface area contributed by atoms with Crippen LogP contribution in [-0.4, -0.2) is 11.5 Å². The highest BCUT2D eigenvalue weighted by Crippen LogP contribution is 2.33. The van der Waals surface area contributed by atoms with E-state index in [1.807, 2.05) is 11.3 Å². The molecule has 0 saturated heterocycles. The Morgan fingerprint density at radius 3 is 2.68 bits per heavy atom. The molecule has 0 radical (unpaired) electrons. The van der Waals surface area contributed by atoms with Crippen LogP contribution in [0, 0.1) is 20.8 Å². The summed E-state index contributed by atoms with van der Waals surface area (Å²) in [7, 11) is 0. The Balaban J connectivity index is 2.42. The first-order valence-electron chi connectivity index (χ1n) is 6.81. The number of aromatic nitrogens is 1. The highest BCUT2D eigenvalue weighted by molar-refractivity contribution is 7.15. The first kappa shape index (κ1) is 14.2. The minimum absolute atomic E-state index is 0.376. The normalized spacial score (nSPS) is 12.7. The molecule has 0 aliphatic rings. The summed E-state index contributed by atoms with van der Waals surface area (Å²) < 4.78 is 0. The van der Waals surface area contributed by atoms with Crippen LogP contribution in [0.15, 0.2) is 18.2 Å². The zero-order valence-electron chi connectivity index (χ0n) is 12.4. The van der Waals surface area contributed by atoms with Gasteiger partial charge in [-0.15, -0.1) is 11.3 Å². The predicted molar refractivity (Wildman–Crippen MR) is 83.9 cm³/mol. The van der Waals surface area contributed by atoms with Crippen molar-refractivity contribution in [1.82, 2.24) is 10.3 Å². The summed E-state index contributed by atoms with van der Waals surface area (Å²) in [6, 6.07) is 6.81. The van der Waals surface area contributed by atoms with Gasteiger partial charge in [-0.2, -0.15) is 0 Å². The second-order valence-corrected chi connectivity index (χ2v) is 6.03. The molecule has 19 heavy (non-hydrogen) atoms. The van der Waals surface area contributed by atoms with E-state index in [4.69, 9.17) is 4.98 Å². The number of aryl methyl sites for hydroxylation is 2. The number of nitrogens with zero attached hydrogens (tertiary/aromatic N) is 1. The van der Waals surface area contributed by atoms with Gasteiger partial charge in [-0.3, -0.25) is 0 Å². The van der Waals surface area contributed by atoms with E-state index in [-0.39, 0.29) is 0 Å². The summed E-state index contributed by atoms with van der Waals surface area (Å²) in [4.78, 5) is 6.11. The van der Waals surface area contributed by atoms with E-state index < -0.39 is 0 Å². The average Bonchev–Trinajstić information content (AvgIpc) is 2.75. The van der Waals surface area contributed by atoms with Gasteiger partial charge in [0.1, 0.15) is 5.01 Å². The summed E-state index contributed by atoms with van der Waals surface area (Å²) in [5, 5.41) is 4.60. The van der Waals surface area contributed by atoms with Crippen molar-refractivity contribution in [3.8, 4) is 10.6 Å². The molecule has 0 bridgehead atoms. The topological polar surface area (TPSA) is 24.9 Å². The Morgan fingerprint density at radius 1 is 1.26 bits per heavy atom. The Labute approximate surface area is 119 Å². The molecule has 1 aromatic carbocycles. The van der Waals surface area contributed by atoms with E-state index in [1.165, 1.54) is 21.6 Å². The van der Waals surface area contributed by atoms with Gasteiger partial charge in [0, 0.05) is 16.5 Å². The maximum absolute atomic E-state index is 4.76. The zero-order valence-corrected chi connectivity index (χ0v) is 13.2. The lowest BCUT2D eigenvalue weighted by Crippen LogP contribution is -2.17. The number of thiazole rings is 1. The van der Waals surface area contributed by atoms with Crippen molar-refractivity contribution in [2.75, 3.05) is 6.54 Å². The lowest BCUT2D eigenvalue weighted by molar-refractivity contribution is 0.603. The van der Waals surface area contributed by atoms with Gasteiger partial charge in [-0.05, 0) is 45.4 Å². The summed E-state index contributed by atoms with van der Waals surface area (Å²) in [5.41, 5.74) is 5.07. The molecule has 1 N–H and O–H groups in total. The molecular formula is C16H22N2S. The first-order chi connectivity index (χ1) is 9.04. The third-order valence-electron chi connectivity index (χ3n) is 3.57. The summed E-state index contributed by atoms with van der Waals surface area (Å²) in [5.74, 6) is 0. The van der Waals surface area contributed by atoms with Crippen molar-refractivity contribution >= 4 is 11.3 Å². The molecule has 2 nitrogen and oxygen atoms in total. The molecule has 1 atom stereocenters. The SMILES string of the molecule is CCNC(C)c1sc(-c2cccc(C)c2C)nc1C. The second kappa shape index (κ2) is 5.85. The molecule has 0 fully saturated rings. The molecule has 1 heterocycles. The fourth-order valence-corrected chi connectivity index (χ4v) is 3.48. The molecule has 0 amide bonds. The Morgan fingerprint density at radius 2 is 2.00 bits per heavy atom. The molecule has 0 saturated carbocycles. The highest BCUT2D eigenvalue weighted by Gasteiger charge is 2.15. The lowest BCUT2D eigenvalue weighted by atomic mass is 10.0. The number of hydrogen-bond donors (Lipinski definition) is 1. The first-order valence-corrected chi connectivity index (χ1v) is 7.63.